The van der Waals surface area contributed by atoms with Crippen molar-refractivity contribution in [3.05, 3.63) is 57.1 Å². The number of hydrogen-bond donors (Lipinski definition) is 1. The standard InChI is InChI=1S/C17H17Cl2NO2/c1-10-6-11(2)17(12(3)7-10)22-9-16(21)20-15-5-4-13(18)8-14(15)19/h4-8H,9H2,1-3H3,(H,20,21). The first-order chi connectivity index (χ1) is 10.4. The minimum atomic E-state index is -0.274. The third kappa shape index (κ3) is 4.15. The van der Waals surface area contributed by atoms with Crippen molar-refractivity contribution in [2.24, 2.45) is 0 Å². The molecule has 2 aromatic carbocycles. The summed E-state index contributed by atoms with van der Waals surface area (Å²) in [5, 5.41) is 3.61. The Balaban J connectivity index is 2.02. The molecule has 1 amide bonds. The van der Waals surface area contributed by atoms with Gasteiger partial charge in [-0.15, -0.1) is 0 Å². The molecule has 3 nitrogen and oxygen atoms in total. The zero-order chi connectivity index (χ0) is 16.3. The van der Waals surface area contributed by atoms with Crippen LogP contribution in [0, 0.1) is 20.8 Å². The van der Waals surface area contributed by atoms with Crippen molar-refractivity contribution in [1.29, 1.82) is 0 Å². The number of benzene rings is 2. The lowest BCUT2D eigenvalue weighted by atomic mass is 10.1. The second-order valence-electron chi connectivity index (χ2n) is 5.19. The lowest BCUT2D eigenvalue weighted by Crippen LogP contribution is -2.20. The van der Waals surface area contributed by atoms with Gasteiger partial charge < -0.3 is 10.1 Å². The Morgan fingerprint density at radius 1 is 1.09 bits per heavy atom. The molecule has 22 heavy (non-hydrogen) atoms. The first-order valence-electron chi connectivity index (χ1n) is 6.82. The van der Waals surface area contributed by atoms with Crippen molar-refractivity contribution >= 4 is 34.8 Å². The molecule has 0 atom stereocenters. The van der Waals surface area contributed by atoms with E-state index in [4.69, 9.17) is 27.9 Å². The third-order valence-electron chi connectivity index (χ3n) is 3.16. The molecule has 2 aromatic rings. The molecule has 0 aliphatic heterocycles. The van der Waals surface area contributed by atoms with Crippen LogP contribution in [0.3, 0.4) is 0 Å². The summed E-state index contributed by atoms with van der Waals surface area (Å²) >= 11 is 11.8. The van der Waals surface area contributed by atoms with E-state index in [1.54, 1.807) is 18.2 Å². The van der Waals surface area contributed by atoms with E-state index in [-0.39, 0.29) is 12.5 Å². The van der Waals surface area contributed by atoms with Gasteiger partial charge in [0.1, 0.15) is 5.75 Å². The summed E-state index contributed by atoms with van der Waals surface area (Å²) in [5.41, 5.74) is 3.70. The highest BCUT2D eigenvalue weighted by atomic mass is 35.5. The maximum absolute atomic E-state index is 12.0. The number of rotatable bonds is 4. The average Bonchev–Trinajstić information content (AvgIpc) is 2.40. The Morgan fingerprint density at radius 2 is 1.73 bits per heavy atom. The summed E-state index contributed by atoms with van der Waals surface area (Å²) in [7, 11) is 0. The molecule has 0 heterocycles. The first-order valence-corrected chi connectivity index (χ1v) is 7.58. The smallest absolute Gasteiger partial charge is 0.262 e. The molecule has 0 fully saturated rings. The van der Waals surface area contributed by atoms with Crippen molar-refractivity contribution in [2.45, 2.75) is 20.8 Å². The Kier molecular flexibility index (Phi) is 5.33. The lowest BCUT2D eigenvalue weighted by Gasteiger charge is -2.13. The zero-order valence-electron chi connectivity index (χ0n) is 12.7. The molecule has 0 saturated heterocycles. The summed E-state index contributed by atoms with van der Waals surface area (Å²) in [6, 6.07) is 8.95. The van der Waals surface area contributed by atoms with Crippen molar-refractivity contribution in [3.63, 3.8) is 0 Å². The molecule has 5 heteroatoms. The molecule has 0 aromatic heterocycles. The van der Waals surface area contributed by atoms with Gasteiger partial charge in [-0.25, -0.2) is 0 Å². The van der Waals surface area contributed by atoms with Gasteiger partial charge in [0, 0.05) is 5.02 Å². The van der Waals surface area contributed by atoms with Crippen LogP contribution in [0.5, 0.6) is 5.75 Å². The molecule has 0 unspecified atom stereocenters. The van der Waals surface area contributed by atoms with Gasteiger partial charge in [0.2, 0.25) is 0 Å². The summed E-state index contributed by atoms with van der Waals surface area (Å²) in [6.45, 7) is 5.87. The average molecular weight is 338 g/mol. The van der Waals surface area contributed by atoms with Gasteiger partial charge >= 0.3 is 0 Å². The number of hydrogen-bond acceptors (Lipinski definition) is 2. The number of carbonyl (C=O) groups is 1. The maximum Gasteiger partial charge on any atom is 0.262 e. The SMILES string of the molecule is Cc1cc(C)c(OCC(=O)Nc2ccc(Cl)cc2Cl)c(C)c1. The fourth-order valence-electron chi connectivity index (χ4n) is 2.31. The van der Waals surface area contributed by atoms with Gasteiger partial charge in [-0.1, -0.05) is 40.9 Å². The molecule has 0 saturated carbocycles. The number of nitrogens with one attached hydrogen (secondary N) is 1. The van der Waals surface area contributed by atoms with Crippen molar-refractivity contribution in [1.82, 2.24) is 0 Å². The van der Waals surface area contributed by atoms with E-state index in [1.807, 2.05) is 32.9 Å². The Hall–Kier alpha value is -1.71. The van der Waals surface area contributed by atoms with Gasteiger partial charge in [-0.3, -0.25) is 4.79 Å². The van der Waals surface area contributed by atoms with E-state index in [0.717, 1.165) is 16.9 Å². The van der Waals surface area contributed by atoms with E-state index >= 15 is 0 Å². The van der Waals surface area contributed by atoms with E-state index in [1.165, 1.54) is 5.56 Å². The van der Waals surface area contributed by atoms with Crippen LogP contribution in [0.4, 0.5) is 5.69 Å². The normalized spacial score (nSPS) is 10.4. The molecule has 0 aliphatic carbocycles. The van der Waals surface area contributed by atoms with Crippen LogP contribution in [0.2, 0.25) is 10.0 Å². The van der Waals surface area contributed by atoms with E-state index in [0.29, 0.717) is 15.7 Å². The Morgan fingerprint density at radius 3 is 2.32 bits per heavy atom. The van der Waals surface area contributed by atoms with Gasteiger partial charge in [-0.05, 0) is 50.1 Å². The summed E-state index contributed by atoms with van der Waals surface area (Å²) in [4.78, 5) is 12.0. The number of halogens is 2. The minimum Gasteiger partial charge on any atom is -0.483 e. The minimum absolute atomic E-state index is 0.0797. The van der Waals surface area contributed by atoms with E-state index in [9.17, 15) is 4.79 Å². The second-order valence-corrected chi connectivity index (χ2v) is 6.03. The number of ether oxygens (including phenoxy) is 1. The number of aryl methyl sites for hydroxylation is 3. The molecule has 0 bridgehead atoms. The summed E-state index contributed by atoms with van der Waals surface area (Å²) in [5.74, 6) is 0.464. The number of carbonyl (C=O) groups excluding carboxylic acids is 1. The van der Waals surface area contributed by atoms with Crippen molar-refractivity contribution in [3.8, 4) is 5.75 Å². The highest BCUT2D eigenvalue weighted by Gasteiger charge is 2.10. The van der Waals surface area contributed by atoms with E-state index < -0.39 is 0 Å². The third-order valence-corrected chi connectivity index (χ3v) is 3.71. The highest BCUT2D eigenvalue weighted by molar-refractivity contribution is 6.36. The maximum atomic E-state index is 12.0. The molecule has 1 N–H and O–H groups in total. The number of amides is 1. The van der Waals surface area contributed by atoms with Crippen LogP contribution in [0.25, 0.3) is 0 Å². The molecule has 0 radical (unpaired) electrons. The molecule has 0 spiro atoms. The quantitative estimate of drug-likeness (QED) is 0.858. The molecule has 0 aliphatic rings. The Bertz CT molecular complexity index is 691. The fraction of sp³-hybridized carbons (Fsp3) is 0.235. The van der Waals surface area contributed by atoms with Crippen LogP contribution in [-0.2, 0) is 4.79 Å². The highest BCUT2D eigenvalue weighted by Crippen LogP contribution is 2.26. The second kappa shape index (κ2) is 7.03. The monoisotopic (exact) mass is 337 g/mol. The van der Waals surface area contributed by atoms with Gasteiger partial charge in [0.15, 0.2) is 6.61 Å². The topological polar surface area (TPSA) is 38.3 Å². The predicted molar refractivity (Wildman–Crippen MR) is 91.2 cm³/mol. The molecular formula is C17H17Cl2NO2. The first kappa shape index (κ1) is 16.7. The fourth-order valence-corrected chi connectivity index (χ4v) is 2.77. The number of anilines is 1. The van der Waals surface area contributed by atoms with Crippen molar-refractivity contribution in [2.75, 3.05) is 11.9 Å². The van der Waals surface area contributed by atoms with Gasteiger partial charge in [0.25, 0.3) is 5.91 Å². The van der Waals surface area contributed by atoms with Gasteiger partial charge in [0.05, 0.1) is 10.7 Å². The van der Waals surface area contributed by atoms with Crippen molar-refractivity contribution < 1.29 is 9.53 Å². The van der Waals surface area contributed by atoms with E-state index in [2.05, 4.69) is 5.32 Å². The lowest BCUT2D eigenvalue weighted by molar-refractivity contribution is -0.118. The summed E-state index contributed by atoms with van der Waals surface area (Å²) < 4.78 is 5.64. The van der Waals surface area contributed by atoms with Crippen LogP contribution in [0.15, 0.2) is 30.3 Å². The predicted octanol–water partition coefficient (Wildman–Crippen LogP) is 4.94. The van der Waals surface area contributed by atoms with Gasteiger partial charge in [-0.2, -0.15) is 0 Å². The largest absolute Gasteiger partial charge is 0.483 e. The zero-order valence-corrected chi connectivity index (χ0v) is 14.2. The molecule has 116 valence electrons. The van der Waals surface area contributed by atoms with Crippen LogP contribution >= 0.6 is 23.2 Å². The van der Waals surface area contributed by atoms with Crippen LogP contribution in [0.1, 0.15) is 16.7 Å². The van der Waals surface area contributed by atoms with Crippen LogP contribution < -0.4 is 10.1 Å². The molecular weight excluding hydrogens is 321 g/mol. The van der Waals surface area contributed by atoms with Crippen LogP contribution in [-0.4, -0.2) is 12.5 Å². The summed E-state index contributed by atoms with van der Waals surface area (Å²) in [6.07, 6.45) is 0. The molecule has 2 rings (SSSR count). The Labute approximate surface area is 140 Å².